The fraction of sp³-hybridized carbons (Fsp3) is 0.150. The minimum atomic E-state index is -0.976. The molecule has 26 heavy (non-hydrogen) atoms. The smallest absolute Gasteiger partial charge is 0.331 e. The molecular weight excluding hydrogens is 398 g/mol. The van der Waals surface area contributed by atoms with Crippen LogP contribution in [0.4, 0.5) is 5.69 Å². The molecular formula is C20H18BrNO4. The largest absolute Gasteiger partial charge is 0.449 e. The Balaban J connectivity index is 1.93. The van der Waals surface area contributed by atoms with Crippen molar-refractivity contribution in [1.29, 1.82) is 0 Å². The van der Waals surface area contributed by atoms with Crippen molar-refractivity contribution in [2.45, 2.75) is 20.0 Å². The summed E-state index contributed by atoms with van der Waals surface area (Å²) in [5.41, 5.74) is 1.79. The van der Waals surface area contributed by atoms with Gasteiger partial charge in [-0.15, -0.1) is 0 Å². The van der Waals surface area contributed by atoms with E-state index in [1.807, 2.05) is 24.3 Å². The van der Waals surface area contributed by atoms with E-state index in [-0.39, 0.29) is 5.78 Å². The first kappa shape index (κ1) is 19.6. The van der Waals surface area contributed by atoms with Gasteiger partial charge in [0.2, 0.25) is 0 Å². The number of carbonyl (C=O) groups is 3. The summed E-state index contributed by atoms with van der Waals surface area (Å²) in [6, 6.07) is 14.0. The first-order valence-corrected chi connectivity index (χ1v) is 8.70. The fourth-order valence-corrected chi connectivity index (χ4v) is 2.52. The van der Waals surface area contributed by atoms with Crippen LogP contribution in [0, 0.1) is 0 Å². The molecule has 2 rings (SSSR count). The van der Waals surface area contributed by atoms with Crippen LogP contribution in [-0.2, 0) is 14.3 Å². The number of ketones is 1. The van der Waals surface area contributed by atoms with Crippen molar-refractivity contribution >= 4 is 45.4 Å². The number of rotatable bonds is 6. The molecule has 0 saturated carbocycles. The van der Waals surface area contributed by atoms with Gasteiger partial charge < -0.3 is 10.1 Å². The molecule has 0 aliphatic heterocycles. The Morgan fingerprint density at radius 3 is 2.54 bits per heavy atom. The van der Waals surface area contributed by atoms with Gasteiger partial charge in [0, 0.05) is 21.8 Å². The molecule has 2 aromatic carbocycles. The van der Waals surface area contributed by atoms with Gasteiger partial charge >= 0.3 is 5.97 Å². The summed E-state index contributed by atoms with van der Waals surface area (Å²) < 4.78 is 5.99. The molecule has 0 heterocycles. The maximum atomic E-state index is 12.1. The zero-order valence-corrected chi connectivity index (χ0v) is 15.9. The Labute approximate surface area is 160 Å². The monoisotopic (exact) mass is 415 g/mol. The van der Waals surface area contributed by atoms with Gasteiger partial charge in [-0.05, 0) is 49.8 Å². The van der Waals surface area contributed by atoms with Crippen molar-refractivity contribution < 1.29 is 19.1 Å². The Hall–Kier alpha value is -2.73. The van der Waals surface area contributed by atoms with Crippen LogP contribution in [0.5, 0.6) is 0 Å². The van der Waals surface area contributed by atoms with Crippen molar-refractivity contribution in [3.8, 4) is 0 Å². The molecule has 0 aliphatic rings. The predicted molar refractivity (Wildman–Crippen MR) is 104 cm³/mol. The molecule has 2 aromatic rings. The minimum Gasteiger partial charge on any atom is -0.449 e. The molecule has 1 atom stereocenters. The van der Waals surface area contributed by atoms with Crippen LogP contribution in [0.15, 0.2) is 59.1 Å². The molecule has 0 unspecified atom stereocenters. The van der Waals surface area contributed by atoms with Crippen LogP contribution in [0.2, 0.25) is 0 Å². The molecule has 134 valence electrons. The minimum absolute atomic E-state index is 0.0988. The molecule has 0 bridgehead atoms. The van der Waals surface area contributed by atoms with Crippen molar-refractivity contribution in [2.75, 3.05) is 5.32 Å². The second-order valence-electron chi connectivity index (χ2n) is 5.59. The van der Waals surface area contributed by atoms with E-state index in [1.54, 1.807) is 30.3 Å². The standard InChI is InChI=1S/C20H18BrNO4/c1-13(23)16-6-4-8-18(12-16)22-20(25)14(2)26-19(24)10-9-15-5-3-7-17(21)11-15/h3-12,14H,1-2H3,(H,22,25)/b10-9+/t14-/m1/s1. The number of anilines is 1. The van der Waals surface area contributed by atoms with Crippen LogP contribution >= 0.6 is 15.9 Å². The van der Waals surface area contributed by atoms with Crippen LogP contribution in [0.3, 0.4) is 0 Å². The molecule has 0 aliphatic carbocycles. The normalized spacial score (nSPS) is 11.8. The number of hydrogen-bond acceptors (Lipinski definition) is 4. The third-order valence-corrected chi connectivity index (χ3v) is 3.95. The number of hydrogen-bond donors (Lipinski definition) is 1. The van der Waals surface area contributed by atoms with Crippen molar-refractivity contribution in [2.24, 2.45) is 0 Å². The number of esters is 1. The second kappa shape index (κ2) is 9.10. The Kier molecular flexibility index (Phi) is 6.86. The van der Waals surface area contributed by atoms with Crippen LogP contribution in [-0.4, -0.2) is 23.8 Å². The Bertz CT molecular complexity index is 860. The van der Waals surface area contributed by atoms with E-state index in [1.165, 1.54) is 19.9 Å². The van der Waals surface area contributed by atoms with Gasteiger partial charge in [-0.3, -0.25) is 9.59 Å². The molecule has 0 fully saturated rings. The summed E-state index contributed by atoms with van der Waals surface area (Å²) in [7, 11) is 0. The zero-order chi connectivity index (χ0) is 19.1. The highest BCUT2D eigenvalue weighted by Crippen LogP contribution is 2.14. The summed E-state index contributed by atoms with van der Waals surface area (Å²) >= 11 is 3.35. The van der Waals surface area contributed by atoms with E-state index < -0.39 is 18.0 Å². The van der Waals surface area contributed by atoms with Gasteiger partial charge in [-0.2, -0.15) is 0 Å². The topological polar surface area (TPSA) is 72.5 Å². The SMILES string of the molecule is CC(=O)c1cccc(NC(=O)[C@@H](C)OC(=O)/C=C/c2cccc(Br)c2)c1. The third kappa shape index (κ3) is 5.97. The van der Waals surface area contributed by atoms with Crippen LogP contribution in [0.25, 0.3) is 6.08 Å². The van der Waals surface area contributed by atoms with Gasteiger partial charge in [-0.1, -0.05) is 40.2 Å². The van der Waals surface area contributed by atoms with E-state index >= 15 is 0 Å². The lowest BCUT2D eigenvalue weighted by atomic mass is 10.1. The quantitative estimate of drug-likeness (QED) is 0.435. The summed E-state index contributed by atoms with van der Waals surface area (Å²) in [4.78, 5) is 35.4. The Morgan fingerprint density at radius 2 is 1.85 bits per heavy atom. The fourth-order valence-electron chi connectivity index (χ4n) is 2.10. The predicted octanol–water partition coefficient (Wildman–Crippen LogP) is 4.24. The number of carbonyl (C=O) groups excluding carboxylic acids is 3. The van der Waals surface area contributed by atoms with Crippen molar-refractivity contribution in [1.82, 2.24) is 0 Å². The van der Waals surface area contributed by atoms with Crippen molar-refractivity contribution in [3.05, 3.63) is 70.2 Å². The average molecular weight is 416 g/mol. The molecule has 0 aromatic heterocycles. The number of ether oxygens (including phenoxy) is 1. The first-order chi connectivity index (χ1) is 12.3. The number of halogens is 1. The molecule has 0 spiro atoms. The molecule has 5 nitrogen and oxygen atoms in total. The van der Waals surface area contributed by atoms with Crippen LogP contribution < -0.4 is 5.32 Å². The van der Waals surface area contributed by atoms with Gasteiger partial charge in [0.15, 0.2) is 11.9 Å². The summed E-state index contributed by atoms with van der Waals surface area (Å²) in [6.45, 7) is 2.93. The maximum Gasteiger partial charge on any atom is 0.331 e. The number of nitrogens with one attached hydrogen (secondary N) is 1. The third-order valence-electron chi connectivity index (χ3n) is 3.46. The van der Waals surface area contributed by atoms with Crippen LogP contribution in [0.1, 0.15) is 29.8 Å². The van der Waals surface area contributed by atoms with Gasteiger partial charge in [0.1, 0.15) is 0 Å². The summed E-state index contributed by atoms with van der Waals surface area (Å²) in [5.74, 6) is -1.20. The van der Waals surface area contributed by atoms with E-state index in [4.69, 9.17) is 4.74 Å². The highest BCUT2D eigenvalue weighted by atomic mass is 79.9. The second-order valence-corrected chi connectivity index (χ2v) is 6.51. The van der Waals surface area contributed by atoms with Crippen molar-refractivity contribution in [3.63, 3.8) is 0 Å². The highest BCUT2D eigenvalue weighted by molar-refractivity contribution is 9.10. The zero-order valence-electron chi connectivity index (χ0n) is 14.4. The molecule has 0 radical (unpaired) electrons. The summed E-state index contributed by atoms with van der Waals surface area (Å²) in [6.07, 6.45) is 1.89. The average Bonchev–Trinajstić information content (AvgIpc) is 2.60. The van der Waals surface area contributed by atoms with E-state index in [9.17, 15) is 14.4 Å². The van der Waals surface area contributed by atoms with E-state index in [2.05, 4.69) is 21.2 Å². The number of benzene rings is 2. The van der Waals surface area contributed by atoms with Gasteiger partial charge in [0.25, 0.3) is 5.91 Å². The summed E-state index contributed by atoms with van der Waals surface area (Å²) in [5, 5.41) is 2.62. The van der Waals surface area contributed by atoms with Gasteiger partial charge in [0.05, 0.1) is 0 Å². The lowest BCUT2D eigenvalue weighted by Gasteiger charge is -2.12. The highest BCUT2D eigenvalue weighted by Gasteiger charge is 2.17. The van der Waals surface area contributed by atoms with E-state index in [0.29, 0.717) is 11.3 Å². The first-order valence-electron chi connectivity index (χ1n) is 7.91. The number of Topliss-reactive ketones (excluding diaryl/α,β-unsaturated/α-hetero) is 1. The number of amides is 1. The lowest BCUT2D eigenvalue weighted by molar-refractivity contribution is -0.148. The molecule has 1 amide bonds. The van der Waals surface area contributed by atoms with Gasteiger partial charge in [-0.25, -0.2) is 4.79 Å². The molecule has 0 saturated heterocycles. The molecule has 1 N–H and O–H groups in total. The Morgan fingerprint density at radius 1 is 1.12 bits per heavy atom. The lowest BCUT2D eigenvalue weighted by Crippen LogP contribution is -2.29. The molecule has 6 heteroatoms. The maximum absolute atomic E-state index is 12.1. The van der Waals surface area contributed by atoms with E-state index in [0.717, 1.165) is 10.0 Å².